The van der Waals surface area contributed by atoms with Crippen LogP contribution in [0, 0.1) is 0 Å². The molecule has 6 nitrogen and oxygen atoms in total. The van der Waals surface area contributed by atoms with Gasteiger partial charge >= 0.3 is 0 Å². The lowest BCUT2D eigenvalue weighted by atomic mass is 10.1. The van der Waals surface area contributed by atoms with Crippen LogP contribution in [0.3, 0.4) is 0 Å². The first-order valence-corrected chi connectivity index (χ1v) is 11.5. The molecule has 7 heteroatoms. The van der Waals surface area contributed by atoms with E-state index in [1.807, 2.05) is 30.3 Å². The molecule has 0 aromatic heterocycles. The van der Waals surface area contributed by atoms with Crippen molar-refractivity contribution < 1.29 is 17.9 Å². The normalized spacial score (nSPS) is 11.3. The minimum Gasteiger partial charge on any atom is -0.457 e. The van der Waals surface area contributed by atoms with Crippen LogP contribution in [0.4, 0.5) is 5.69 Å². The molecule has 0 aliphatic heterocycles. The molecule has 0 spiro atoms. The van der Waals surface area contributed by atoms with Crippen molar-refractivity contribution in [1.29, 1.82) is 0 Å². The Morgan fingerprint density at radius 2 is 1.48 bits per heavy atom. The lowest BCUT2D eigenvalue weighted by Crippen LogP contribution is -2.30. The van der Waals surface area contributed by atoms with Crippen LogP contribution in [0.25, 0.3) is 0 Å². The van der Waals surface area contributed by atoms with Gasteiger partial charge in [-0.2, -0.15) is 0 Å². The summed E-state index contributed by atoms with van der Waals surface area (Å²) in [5.74, 6) is 1.32. The van der Waals surface area contributed by atoms with E-state index in [1.54, 1.807) is 62.4 Å². The second kappa shape index (κ2) is 10.2. The number of carbonyl (C=O) groups is 1. The van der Waals surface area contributed by atoms with Gasteiger partial charge in [0.05, 0.1) is 4.90 Å². The van der Waals surface area contributed by atoms with Gasteiger partial charge in [-0.1, -0.05) is 30.3 Å². The van der Waals surface area contributed by atoms with Gasteiger partial charge in [0.15, 0.2) is 0 Å². The SMILES string of the molecule is CC(C)NS(=O)(=O)c1ccc(CCC(=O)Nc2ccc(Oc3ccccc3)cc2)cc1. The van der Waals surface area contributed by atoms with E-state index in [0.29, 0.717) is 24.3 Å². The summed E-state index contributed by atoms with van der Waals surface area (Å²) in [4.78, 5) is 12.5. The number of rotatable bonds is 9. The van der Waals surface area contributed by atoms with E-state index in [4.69, 9.17) is 4.74 Å². The molecule has 0 unspecified atom stereocenters. The number of hydrogen-bond acceptors (Lipinski definition) is 4. The van der Waals surface area contributed by atoms with E-state index in [0.717, 1.165) is 11.3 Å². The fraction of sp³-hybridized carbons (Fsp3) is 0.208. The summed E-state index contributed by atoms with van der Waals surface area (Å²) in [6.45, 7) is 3.54. The minimum atomic E-state index is -3.51. The Morgan fingerprint density at radius 3 is 2.10 bits per heavy atom. The molecule has 0 saturated carbocycles. The summed E-state index contributed by atoms with van der Waals surface area (Å²) in [5.41, 5.74) is 1.58. The van der Waals surface area contributed by atoms with Crippen LogP contribution in [-0.2, 0) is 21.2 Å². The zero-order valence-corrected chi connectivity index (χ0v) is 18.4. The maximum Gasteiger partial charge on any atom is 0.240 e. The lowest BCUT2D eigenvalue weighted by molar-refractivity contribution is -0.116. The quantitative estimate of drug-likeness (QED) is 0.506. The topological polar surface area (TPSA) is 84.5 Å². The number of nitrogens with one attached hydrogen (secondary N) is 2. The molecular weight excluding hydrogens is 412 g/mol. The third-order valence-corrected chi connectivity index (χ3v) is 6.06. The highest BCUT2D eigenvalue weighted by molar-refractivity contribution is 7.89. The molecule has 0 fully saturated rings. The van der Waals surface area contributed by atoms with Gasteiger partial charge in [-0.3, -0.25) is 4.79 Å². The number of benzene rings is 3. The average Bonchev–Trinajstić information content (AvgIpc) is 2.74. The van der Waals surface area contributed by atoms with Gasteiger partial charge in [0, 0.05) is 18.2 Å². The number of anilines is 1. The Kier molecular flexibility index (Phi) is 7.44. The molecule has 0 heterocycles. The van der Waals surface area contributed by atoms with E-state index < -0.39 is 10.0 Å². The largest absolute Gasteiger partial charge is 0.457 e. The molecule has 1 amide bonds. The number of hydrogen-bond donors (Lipinski definition) is 2. The molecule has 162 valence electrons. The molecule has 3 rings (SSSR count). The van der Waals surface area contributed by atoms with E-state index >= 15 is 0 Å². The first kappa shape index (κ1) is 22.5. The van der Waals surface area contributed by atoms with Crippen molar-refractivity contribution in [1.82, 2.24) is 4.72 Å². The smallest absolute Gasteiger partial charge is 0.240 e. The molecule has 31 heavy (non-hydrogen) atoms. The summed E-state index contributed by atoms with van der Waals surface area (Å²) in [6, 6.07) is 23.1. The molecule has 3 aromatic carbocycles. The van der Waals surface area contributed by atoms with E-state index in [1.165, 1.54) is 0 Å². The molecule has 0 bridgehead atoms. The number of para-hydroxylation sites is 1. The first-order valence-electron chi connectivity index (χ1n) is 10.1. The summed E-state index contributed by atoms with van der Waals surface area (Å²) < 4.78 is 32.6. The molecule has 0 aliphatic carbocycles. The summed E-state index contributed by atoms with van der Waals surface area (Å²) in [6.07, 6.45) is 0.803. The summed E-state index contributed by atoms with van der Waals surface area (Å²) >= 11 is 0. The molecule has 0 saturated heterocycles. The van der Waals surface area contributed by atoms with Crippen LogP contribution in [0.5, 0.6) is 11.5 Å². The number of carbonyl (C=O) groups excluding carboxylic acids is 1. The molecular formula is C24H26N2O4S. The maximum absolute atomic E-state index is 12.3. The van der Waals surface area contributed by atoms with Gasteiger partial charge in [0.2, 0.25) is 15.9 Å². The van der Waals surface area contributed by atoms with Crippen molar-refractivity contribution in [2.45, 2.75) is 37.6 Å². The molecule has 0 atom stereocenters. The molecule has 3 aromatic rings. The Labute approximate surface area is 183 Å². The van der Waals surface area contributed by atoms with Gasteiger partial charge in [0.25, 0.3) is 0 Å². The Balaban J connectivity index is 1.50. The average molecular weight is 439 g/mol. The fourth-order valence-corrected chi connectivity index (χ4v) is 4.18. The first-order chi connectivity index (χ1) is 14.8. The second-order valence-corrected chi connectivity index (χ2v) is 9.12. The van der Waals surface area contributed by atoms with E-state index in [9.17, 15) is 13.2 Å². The predicted octanol–water partition coefficient (Wildman–Crippen LogP) is 4.74. The zero-order chi connectivity index (χ0) is 22.3. The maximum atomic E-state index is 12.3. The van der Waals surface area contributed by atoms with Gasteiger partial charge in [-0.25, -0.2) is 13.1 Å². The monoisotopic (exact) mass is 438 g/mol. The summed E-state index contributed by atoms with van der Waals surface area (Å²) in [7, 11) is -3.51. The van der Waals surface area contributed by atoms with Crippen molar-refractivity contribution in [2.24, 2.45) is 0 Å². The Morgan fingerprint density at radius 1 is 0.871 bits per heavy atom. The molecule has 2 N–H and O–H groups in total. The predicted molar refractivity (Wildman–Crippen MR) is 122 cm³/mol. The molecule has 0 radical (unpaired) electrons. The van der Waals surface area contributed by atoms with Crippen molar-refractivity contribution in [3.8, 4) is 11.5 Å². The van der Waals surface area contributed by atoms with Crippen LogP contribution in [-0.4, -0.2) is 20.4 Å². The van der Waals surface area contributed by atoms with Crippen molar-refractivity contribution in [3.63, 3.8) is 0 Å². The molecule has 0 aliphatic rings. The van der Waals surface area contributed by atoms with Crippen molar-refractivity contribution in [3.05, 3.63) is 84.4 Å². The highest BCUT2D eigenvalue weighted by atomic mass is 32.2. The van der Waals surface area contributed by atoms with Crippen LogP contribution in [0.2, 0.25) is 0 Å². The third kappa shape index (κ3) is 6.94. The van der Waals surface area contributed by atoms with Crippen molar-refractivity contribution >= 4 is 21.6 Å². The Bertz CT molecular complexity index is 1090. The van der Waals surface area contributed by atoms with Crippen molar-refractivity contribution in [2.75, 3.05) is 5.32 Å². The number of amides is 1. The highest BCUT2D eigenvalue weighted by Crippen LogP contribution is 2.22. The standard InChI is InChI=1S/C24H26N2O4S/c1-18(2)26-31(28,29)23-15-8-19(9-16-23)10-17-24(27)25-20-11-13-22(14-12-20)30-21-6-4-3-5-7-21/h3-9,11-16,18,26H,10,17H2,1-2H3,(H,25,27). The number of sulfonamides is 1. The van der Waals surface area contributed by atoms with Crippen LogP contribution in [0.1, 0.15) is 25.8 Å². The van der Waals surface area contributed by atoms with E-state index in [2.05, 4.69) is 10.0 Å². The van der Waals surface area contributed by atoms with Crippen LogP contribution in [0.15, 0.2) is 83.8 Å². The number of ether oxygens (including phenoxy) is 1. The van der Waals surface area contributed by atoms with Gasteiger partial charge in [0.1, 0.15) is 11.5 Å². The number of aryl methyl sites for hydroxylation is 1. The van der Waals surface area contributed by atoms with Gasteiger partial charge < -0.3 is 10.1 Å². The van der Waals surface area contributed by atoms with Gasteiger partial charge in [-0.05, 0) is 74.4 Å². The van der Waals surface area contributed by atoms with Crippen LogP contribution < -0.4 is 14.8 Å². The highest BCUT2D eigenvalue weighted by Gasteiger charge is 2.15. The zero-order valence-electron chi connectivity index (χ0n) is 17.5. The Hall–Kier alpha value is -3.16. The van der Waals surface area contributed by atoms with Gasteiger partial charge in [-0.15, -0.1) is 0 Å². The minimum absolute atomic E-state index is 0.116. The fourth-order valence-electron chi connectivity index (χ4n) is 2.93. The lowest BCUT2D eigenvalue weighted by Gasteiger charge is -2.10. The second-order valence-electron chi connectivity index (χ2n) is 7.41. The van der Waals surface area contributed by atoms with Crippen LogP contribution >= 0.6 is 0 Å². The third-order valence-electron chi connectivity index (χ3n) is 4.38. The van der Waals surface area contributed by atoms with E-state index in [-0.39, 0.29) is 16.8 Å². The summed E-state index contributed by atoms with van der Waals surface area (Å²) in [5, 5.41) is 2.86.